The van der Waals surface area contributed by atoms with E-state index in [1.54, 1.807) is 17.8 Å². The second kappa shape index (κ2) is 4.07. The van der Waals surface area contributed by atoms with Crippen LogP contribution in [0, 0.1) is 5.82 Å². The van der Waals surface area contributed by atoms with Crippen LogP contribution in [0.3, 0.4) is 0 Å². The van der Waals surface area contributed by atoms with E-state index in [1.165, 1.54) is 12.1 Å². The van der Waals surface area contributed by atoms with Crippen molar-refractivity contribution < 1.29 is 4.39 Å². The number of hydrogen-bond acceptors (Lipinski definition) is 2. The summed E-state index contributed by atoms with van der Waals surface area (Å²) in [6.07, 6.45) is 0. The molecule has 3 nitrogen and oxygen atoms in total. The first kappa shape index (κ1) is 11.4. The molecule has 0 saturated carbocycles. The zero-order valence-corrected chi connectivity index (χ0v) is 10.7. The van der Waals surface area contributed by atoms with Crippen molar-refractivity contribution in [2.75, 3.05) is 5.73 Å². The van der Waals surface area contributed by atoms with E-state index >= 15 is 0 Å². The number of anilines is 1. The van der Waals surface area contributed by atoms with Crippen molar-refractivity contribution in [3.05, 3.63) is 33.5 Å². The summed E-state index contributed by atoms with van der Waals surface area (Å²) in [7, 11) is 1.76. The Balaban J connectivity index is 2.63. The fourth-order valence-corrected chi connectivity index (χ4v) is 2.22. The lowest BCUT2D eigenvalue weighted by molar-refractivity contribution is 0.628. The Morgan fingerprint density at radius 1 is 1.50 bits per heavy atom. The van der Waals surface area contributed by atoms with Crippen molar-refractivity contribution in [1.82, 2.24) is 9.78 Å². The quantitative estimate of drug-likeness (QED) is 0.879. The maximum Gasteiger partial charge on any atom is 0.160 e. The molecule has 2 aromatic rings. The summed E-state index contributed by atoms with van der Waals surface area (Å²) >= 11 is 9.06. The second-order valence-electron chi connectivity index (χ2n) is 3.30. The van der Waals surface area contributed by atoms with Gasteiger partial charge in [-0.05, 0) is 34.1 Å². The van der Waals surface area contributed by atoms with Crippen molar-refractivity contribution in [1.29, 1.82) is 0 Å². The van der Waals surface area contributed by atoms with Gasteiger partial charge >= 0.3 is 0 Å². The summed E-state index contributed by atoms with van der Waals surface area (Å²) in [6.45, 7) is 0. The average molecular weight is 305 g/mol. The summed E-state index contributed by atoms with van der Waals surface area (Å²) in [6, 6.07) is 4.48. The van der Waals surface area contributed by atoms with Crippen LogP contribution in [0.1, 0.15) is 0 Å². The second-order valence-corrected chi connectivity index (χ2v) is 4.50. The van der Waals surface area contributed by atoms with Crippen LogP contribution in [0.2, 0.25) is 5.02 Å². The third kappa shape index (κ3) is 1.81. The zero-order valence-electron chi connectivity index (χ0n) is 8.34. The minimum atomic E-state index is -0.448. The molecule has 6 heteroatoms. The SMILES string of the molecule is Cn1nc(N)c(Br)c1-c1ccc(F)c(Cl)c1. The number of nitrogen functional groups attached to an aromatic ring is 1. The number of benzene rings is 1. The number of hydrogen-bond donors (Lipinski definition) is 1. The van der Waals surface area contributed by atoms with Gasteiger partial charge in [-0.25, -0.2) is 4.39 Å². The number of rotatable bonds is 1. The minimum absolute atomic E-state index is 0.0733. The fourth-order valence-electron chi connectivity index (χ4n) is 1.48. The molecule has 0 saturated heterocycles. The molecule has 84 valence electrons. The molecule has 0 fully saturated rings. The van der Waals surface area contributed by atoms with Gasteiger partial charge in [-0.15, -0.1) is 0 Å². The molecular formula is C10H8BrClFN3. The lowest BCUT2D eigenvalue weighted by Gasteiger charge is -2.04. The van der Waals surface area contributed by atoms with Crippen LogP contribution in [0.4, 0.5) is 10.2 Å². The van der Waals surface area contributed by atoms with Gasteiger partial charge in [0.15, 0.2) is 5.82 Å². The predicted octanol–water partition coefficient (Wildman–Crippen LogP) is 3.22. The Hall–Kier alpha value is -1.07. The number of aryl methyl sites for hydroxylation is 1. The van der Waals surface area contributed by atoms with E-state index in [0.717, 1.165) is 11.3 Å². The van der Waals surface area contributed by atoms with Crippen LogP contribution >= 0.6 is 27.5 Å². The van der Waals surface area contributed by atoms with Gasteiger partial charge in [0.2, 0.25) is 0 Å². The molecule has 1 heterocycles. The van der Waals surface area contributed by atoms with Crippen LogP contribution < -0.4 is 5.73 Å². The topological polar surface area (TPSA) is 43.8 Å². The standard InChI is InChI=1S/C10H8BrClFN3/c1-16-9(8(11)10(14)15-16)5-2-3-7(13)6(12)4-5/h2-4H,1H3,(H2,14,15). The van der Waals surface area contributed by atoms with Gasteiger partial charge in [-0.2, -0.15) is 5.10 Å². The maximum atomic E-state index is 13.0. The van der Waals surface area contributed by atoms with Crippen LogP contribution in [-0.4, -0.2) is 9.78 Å². The zero-order chi connectivity index (χ0) is 11.9. The molecule has 1 aromatic carbocycles. The Labute approximate surface area is 105 Å². The smallest absolute Gasteiger partial charge is 0.160 e. The third-order valence-electron chi connectivity index (χ3n) is 2.21. The van der Waals surface area contributed by atoms with Crippen molar-refractivity contribution in [3.63, 3.8) is 0 Å². The van der Waals surface area contributed by atoms with E-state index in [0.29, 0.717) is 10.3 Å². The van der Waals surface area contributed by atoms with Gasteiger partial charge in [0.25, 0.3) is 0 Å². The van der Waals surface area contributed by atoms with Crippen molar-refractivity contribution in [2.45, 2.75) is 0 Å². The largest absolute Gasteiger partial charge is 0.381 e. The van der Waals surface area contributed by atoms with Gasteiger partial charge < -0.3 is 5.73 Å². The van der Waals surface area contributed by atoms with Gasteiger partial charge in [-0.1, -0.05) is 11.6 Å². The highest BCUT2D eigenvalue weighted by molar-refractivity contribution is 9.10. The molecule has 1 aromatic heterocycles. The van der Waals surface area contributed by atoms with E-state index in [4.69, 9.17) is 17.3 Å². The molecule has 0 aliphatic rings. The van der Waals surface area contributed by atoms with Crippen molar-refractivity contribution in [2.24, 2.45) is 7.05 Å². The van der Waals surface area contributed by atoms with E-state index in [9.17, 15) is 4.39 Å². The molecule has 0 atom stereocenters. The fraction of sp³-hybridized carbons (Fsp3) is 0.100. The molecule has 0 unspecified atom stereocenters. The predicted molar refractivity (Wildman–Crippen MR) is 65.7 cm³/mol. The Bertz CT molecular complexity index is 553. The van der Waals surface area contributed by atoms with Crippen LogP contribution in [0.5, 0.6) is 0 Å². The highest BCUT2D eigenvalue weighted by Gasteiger charge is 2.14. The molecule has 0 spiro atoms. The van der Waals surface area contributed by atoms with Gasteiger partial charge in [0.1, 0.15) is 5.82 Å². The molecule has 0 radical (unpaired) electrons. The summed E-state index contributed by atoms with van der Waals surface area (Å²) in [5, 5.41) is 4.12. The number of nitrogens with zero attached hydrogens (tertiary/aromatic N) is 2. The summed E-state index contributed by atoms with van der Waals surface area (Å²) < 4.78 is 15.3. The molecular weight excluding hydrogens is 296 g/mol. The summed E-state index contributed by atoms with van der Waals surface area (Å²) in [4.78, 5) is 0. The Kier molecular flexibility index (Phi) is 2.90. The molecule has 16 heavy (non-hydrogen) atoms. The third-order valence-corrected chi connectivity index (χ3v) is 3.28. The number of halogens is 3. The average Bonchev–Trinajstić information content (AvgIpc) is 2.47. The Morgan fingerprint density at radius 2 is 2.19 bits per heavy atom. The van der Waals surface area contributed by atoms with E-state index < -0.39 is 5.82 Å². The molecule has 2 rings (SSSR count). The van der Waals surface area contributed by atoms with Crippen LogP contribution in [0.25, 0.3) is 11.3 Å². The highest BCUT2D eigenvalue weighted by atomic mass is 79.9. The van der Waals surface area contributed by atoms with Crippen LogP contribution in [-0.2, 0) is 7.05 Å². The molecule has 2 N–H and O–H groups in total. The lowest BCUT2D eigenvalue weighted by atomic mass is 10.1. The van der Waals surface area contributed by atoms with Gasteiger partial charge in [0, 0.05) is 12.6 Å². The van der Waals surface area contributed by atoms with Crippen molar-refractivity contribution >= 4 is 33.3 Å². The number of nitrogens with two attached hydrogens (primary N) is 1. The van der Waals surface area contributed by atoms with E-state index in [1.807, 2.05) is 0 Å². The van der Waals surface area contributed by atoms with E-state index in [-0.39, 0.29) is 5.02 Å². The first-order valence-corrected chi connectivity index (χ1v) is 5.61. The number of aromatic nitrogens is 2. The summed E-state index contributed by atoms with van der Waals surface area (Å²) in [5.41, 5.74) is 7.18. The molecule has 0 bridgehead atoms. The first-order valence-electron chi connectivity index (χ1n) is 4.44. The summed E-state index contributed by atoms with van der Waals surface area (Å²) in [5.74, 6) is -0.0605. The first-order chi connectivity index (χ1) is 7.50. The van der Waals surface area contributed by atoms with Gasteiger partial charge in [-0.3, -0.25) is 4.68 Å². The molecule has 0 aliphatic heterocycles. The lowest BCUT2D eigenvalue weighted by Crippen LogP contribution is -1.94. The van der Waals surface area contributed by atoms with E-state index in [2.05, 4.69) is 21.0 Å². The van der Waals surface area contributed by atoms with Crippen molar-refractivity contribution in [3.8, 4) is 11.3 Å². The molecule has 0 amide bonds. The van der Waals surface area contributed by atoms with Gasteiger partial charge in [0.05, 0.1) is 15.2 Å². The van der Waals surface area contributed by atoms with Crippen LogP contribution in [0.15, 0.2) is 22.7 Å². The minimum Gasteiger partial charge on any atom is -0.381 e. The highest BCUT2D eigenvalue weighted by Crippen LogP contribution is 2.33. The molecule has 0 aliphatic carbocycles. The maximum absolute atomic E-state index is 13.0. The normalized spacial score (nSPS) is 10.8. The monoisotopic (exact) mass is 303 g/mol. The Morgan fingerprint density at radius 3 is 2.69 bits per heavy atom.